The summed E-state index contributed by atoms with van der Waals surface area (Å²) in [7, 11) is 1.51. The Labute approximate surface area is 150 Å². The van der Waals surface area contributed by atoms with E-state index >= 15 is 0 Å². The second-order valence-electron chi connectivity index (χ2n) is 5.96. The molecule has 0 radical (unpaired) electrons. The number of ether oxygens (including phenoxy) is 2. The Morgan fingerprint density at radius 1 is 1.23 bits per heavy atom. The van der Waals surface area contributed by atoms with Crippen LogP contribution in [0.2, 0.25) is 0 Å². The highest BCUT2D eigenvalue weighted by atomic mass is 19.4. The molecule has 0 aliphatic carbocycles. The zero-order valence-corrected chi connectivity index (χ0v) is 15.2. The summed E-state index contributed by atoms with van der Waals surface area (Å²) in [5, 5.41) is 0. The molecule has 8 heteroatoms. The van der Waals surface area contributed by atoms with Crippen molar-refractivity contribution < 1.29 is 22.6 Å². The van der Waals surface area contributed by atoms with Crippen LogP contribution in [0.1, 0.15) is 32.8 Å². The molecule has 0 bridgehead atoms. The number of nitrogens with zero attached hydrogens (tertiary/aromatic N) is 3. The Kier molecular flexibility index (Phi) is 6.28. The van der Waals surface area contributed by atoms with Crippen LogP contribution in [0.3, 0.4) is 0 Å². The third-order valence-corrected chi connectivity index (χ3v) is 3.38. The van der Waals surface area contributed by atoms with Crippen molar-refractivity contribution in [2.24, 2.45) is 0 Å². The summed E-state index contributed by atoms with van der Waals surface area (Å²) in [6.45, 7) is 5.96. The lowest BCUT2D eigenvalue weighted by Crippen LogP contribution is -2.19. The Balaban J connectivity index is 2.43. The van der Waals surface area contributed by atoms with E-state index in [0.29, 0.717) is 24.5 Å². The highest BCUT2D eigenvalue weighted by molar-refractivity contribution is 5.64. The zero-order valence-electron chi connectivity index (χ0n) is 15.2. The molecule has 0 spiro atoms. The average molecular weight is 369 g/mol. The van der Waals surface area contributed by atoms with Crippen LogP contribution in [0.15, 0.2) is 30.5 Å². The molecule has 1 aromatic carbocycles. The summed E-state index contributed by atoms with van der Waals surface area (Å²) >= 11 is 0. The van der Waals surface area contributed by atoms with Crippen LogP contribution in [0.4, 0.5) is 24.7 Å². The van der Waals surface area contributed by atoms with Gasteiger partial charge in [-0.1, -0.05) is 13.0 Å². The lowest BCUT2D eigenvalue weighted by molar-refractivity contribution is -0.137. The van der Waals surface area contributed by atoms with Crippen molar-refractivity contribution in [3.63, 3.8) is 0 Å². The van der Waals surface area contributed by atoms with E-state index in [1.807, 2.05) is 20.8 Å². The van der Waals surface area contributed by atoms with Crippen molar-refractivity contribution in [2.75, 3.05) is 18.6 Å². The van der Waals surface area contributed by atoms with Gasteiger partial charge in [0.1, 0.15) is 11.3 Å². The molecular formula is C18H22F3N3O2. The number of alkyl halides is 3. The molecule has 0 aliphatic rings. The molecule has 0 amide bonds. The number of rotatable bonds is 7. The molecule has 0 saturated heterocycles. The first-order valence-corrected chi connectivity index (χ1v) is 8.29. The van der Waals surface area contributed by atoms with Gasteiger partial charge >= 0.3 is 12.2 Å². The minimum atomic E-state index is -4.58. The molecule has 2 rings (SSSR count). The summed E-state index contributed by atoms with van der Waals surface area (Å²) in [6, 6.07) is 6.72. The van der Waals surface area contributed by atoms with E-state index in [1.165, 1.54) is 11.9 Å². The quantitative estimate of drug-likeness (QED) is 0.699. The van der Waals surface area contributed by atoms with E-state index in [2.05, 4.69) is 9.97 Å². The highest BCUT2D eigenvalue weighted by Gasteiger charge is 2.36. The maximum absolute atomic E-state index is 13.4. The van der Waals surface area contributed by atoms with E-state index in [1.54, 1.807) is 24.3 Å². The monoisotopic (exact) mass is 369 g/mol. The second kappa shape index (κ2) is 8.25. The Morgan fingerprint density at radius 3 is 2.58 bits per heavy atom. The molecule has 2 aromatic rings. The van der Waals surface area contributed by atoms with Crippen molar-refractivity contribution in [2.45, 2.75) is 39.5 Å². The summed E-state index contributed by atoms with van der Waals surface area (Å²) < 4.78 is 51.1. The Hall–Kier alpha value is -2.51. The van der Waals surface area contributed by atoms with Gasteiger partial charge in [0.25, 0.3) is 0 Å². The van der Waals surface area contributed by atoms with Crippen molar-refractivity contribution in [1.29, 1.82) is 0 Å². The number of anilines is 2. The predicted octanol–water partition coefficient (Wildman–Crippen LogP) is 4.84. The van der Waals surface area contributed by atoms with Crippen LogP contribution in [0.5, 0.6) is 11.8 Å². The van der Waals surface area contributed by atoms with E-state index in [-0.39, 0.29) is 17.9 Å². The molecule has 1 aromatic heterocycles. The lowest BCUT2D eigenvalue weighted by atomic mass is 10.2. The topological polar surface area (TPSA) is 47.5 Å². The van der Waals surface area contributed by atoms with Gasteiger partial charge in [-0.25, -0.2) is 4.98 Å². The maximum atomic E-state index is 13.4. The maximum Gasteiger partial charge on any atom is 0.421 e. The van der Waals surface area contributed by atoms with Crippen molar-refractivity contribution in [3.05, 3.63) is 36.0 Å². The number of benzene rings is 1. The van der Waals surface area contributed by atoms with Crippen LogP contribution in [0.25, 0.3) is 0 Å². The molecule has 0 N–H and O–H groups in total. The molecule has 0 unspecified atom stereocenters. The van der Waals surface area contributed by atoms with Crippen LogP contribution >= 0.6 is 0 Å². The van der Waals surface area contributed by atoms with Gasteiger partial charge in [0.15, 0.2) is 5.82 Å². The summed E-state index contributed by atoms with van der Waals surface area (Å²) in [4.78, 5) is 8.99. The van der Waals surface area contributed by atoms with Crippen LogP contribution in [0, 0.1) is 0 Å². The van der Waals surface area contributed by atoms with Crippen LogP contribution in [-0.4, -0.2) is 29.7 Å². The number of hydrogen-bond acceptors (Lipinski definition) is 5. The summed E-state index contributed by atoms with van der Waals surface area (Å²) in [5.41, 5.74) is -0.423. The van der Waals surface area contributed by atoms with Gasteiger partial charge in [-0.15, -0.1) is 0 Å². The molecule has 0 fully saturated rings. The van der Waals surface area contributed by atoms with E-state index in [9.17, 15) is 13.2 Å². The molecule has 0 saturated carbocycles. The Bertz CT molecular complexity index is 736. The largest absolute Gasteiger partial charge is 0.491 e. The summed E-state index contributed by atoms with van der Waals surface area (Å²) in [6.07, 6.45) is -3.18. The third kappa shape index (κ3) is 5.00. The van der Waals surface area contributed by atoms with E-state index in [4.69, 9.17) is 9.47 Å². The average Bonchev–Trinajstić information content (AvgIpc) is 2.58. The first kappa shape index (κ1) is 19.8. The van der Waals surface area contributed by atoms with Gasteiger partial charge in [-0.05, 0) is 32.4 Å². The fourth-order valence-corrected chi connectivity index (χ4v) is 2.24. The Morgan fingerprint density at radius 2 is 1.96 bits per heavy atom. The minimum Gasteiger partial charge on any atom is -0.491 e. The second-order valence-corrected chi connectivity index (χ2v) is 5.96. The van der Waals surface area contributed by atoms with Gasteiger partial charge in [-0.2, -0.15) is 18.2 Å². The molecule has 0 atom stereocenters. The molecule has 5 nitrogen and oxygen atoms in total. The minimum absolute atomic E-state index is 0.0469. The van der Waals surface area contributed by atoms with Gasteiger partial charge < -0.3 is 14.4 Å². The van der Waals surface area contributed by atoms with E-state index in [0.717, 1.165) is 6.20 Å². The van der Waals surface area contributed by atoms with Crippen LogP contribution in [-0.2, 0) is 6.18 Å². The van der Waals surface area contributed by atoms with Crippen molar-refractivity contribution >= 4 is 11.5 Å². The first-order chi connectivity index (χ1) is 12.2. The predicted molar refractivity (Wildman–Crippen MR) is 93.1 cm³/mol. The molecule has 142 valence electrons. The van der Waals surface area contributed by atoms with Crippen LogP contribution < -0.4 is 14.4 Å². The summed E-state index contributed by atoms with van der Waals surface area (Å²) in [5.74, 6) is 0.287. The van der Waals surface area contributed by atoms with Gasteiger partial charge in [0, 0.05) is 25.0 Å². The smallest absolute Gasteiger partial charge is 0.421 e. The third-order valence-electron chi connectivity index (χ3n) is 3.38. The van der Waals surface area contributed by atoms with E-state index < -0.39 is 11.7 Å². The van der Waals surface area contributed by atoms with Gasteiger partial charge in [0.2, 0.25) is 0 Å². The van der Waals surface area contributed by atoms with Crippen molar-refractivity contribution in [3.8, 4) is 11.8 Å². The lowest BCUT2D eigenvalue weighted by Gasteiger charge is -2.23. The normalized spacial score (nSPS) is 11.5. The molecule has 1 heterocycles. The van der Waals surface area contributed by atoms with Crippen molar-refractivity contribution in [1.82, 2.24) is 9.97 Å². The zero-order chi connectivity index (χ0) is 19.3. The number of halogens is 3. The van der Waals surface area contributed by atoms with Gasteiger partial charge in [0.05, 0.1) is 12.7 Å². The fraction of sp³-hybridized carbons (Fsp3) is 0.444. The van der Waals surface area contributed by atoms with Gasteiger partial charge in [-0.3, -0.25) is 0 Å². The standard InChI is InChI=1S/C18H22F3N3O2/c1-5-9-25-17-22-11-15(18(19,20)21)16(23-17)24(4)13-7-6-8-14(10-13)26-12(2)3/h6-8,10-12H,5,9H2,1-4H3. The molecule has 26 heavy (non-hydrogen) atoms. The SMILES string of the molecule is CCCOc1ncc(C(F)(F)F)c(N(C)c2cccc(OC(C)C)c2)n1. The molecule has 0 aliphatic heterocycles. The highest BCUT2D eigenvalue weighted by Crippen LogP contribution is 2.38. The number of aromatic nitrogens is 2. The number of hydrogen-bond donors (Lipinski definition) is 0. The molecular weight excluding hydrogens is 347 g/mol. The fourth-order valence-electron chi connectivity index (χ4n) is 2.24. The first-order valence-electron chi connectivity index (χ1n) is 8.29.